The average Bonchev–Trinajstić information content (AvgIpc) is 3.27. The Morgan fingerprint density at radius 3 is 2.81 bits per heavy atom. The number of pyridine rings is 1. The minimum atomic E-state index is -0.959. The monoisotopic (exact) mass is 364 g/mol. The molecule has 0 aliphatic rings. The Morgan fingerprint density at radius 2 is 2.07 bits per heavy atom. The highest BCUT2D eigenvalue weighted by molar-refractivity contribution is 5.78. The summed E-state index contributed by atoms with van der Waals surface area (Å²) in [5.74, 6) is 0.221. The molecule has 2 N–H and O–H groups in total. The van der Waals surface area contributed by atoms with E-state index in [0.717, 1.165) is 16.9 Å². The minimum Gasteiger partial charge on any atom is -0.497 e. The van der Waals surface area contributed by atoms with Crippen molar-refractivity contribution in [3.63, 3.8) is 0 Å². The highest BCUT2D eigenvalue weighted by atomic mass is 16.5. The number of carboxylic acids is 1. The predicted octanol–water partition coefficient (Wildman–Crippen LogP) is 2.43. The SMILES string of the molecule is COc1ccc(-c2cccn3nc(Nc4cnn(CC(=O)O)c4)nc23)cc1. The Balaban J connectivity index is 1.64. The number of carboxylic acid groups (broad SMARTS) is 1. The van der Waals surface area contributed by atoms with E-state index in [-0.39, 0.29) is 6.54 Å². The van der Waals surface area contributed by atoms with E-state index in [1.807, 2.05) is 42.6 Å². The smallest absolute Gasteiger partial charge is 0.325 e. The van der Waals surface area contributed by atoms with E-state index in [1.54, 1.807) is 17.8 Å². The number of carbonyl (C=O) groups is 1. The number of rotatable bonds is 6. The zero-order valence-corrected chi connectivity index (χ0v) is 14.4. The number of nitrogens with one attached hydrogen (secondary N) is 1. The summed E-state index contributed by atoms with van der Waals surface area (Å²) in [4.78, 5) is 15.3. The van der Waals surface area contributed by atoms with Crippen LogP contribution in [0, 0.1) is 0 Å². The van der Waals surface area contributed by atoms with Gasteiger partial charge in [-0.15, -0.1) is 5.10 Å². The number of anilines is 2. The van der Waals surface area contributed by atoms with Crippen molar-refractivity contribution in [2.24, 2.45) is 0 Å². The first-order valence-corrected chi connectivity index (χ1v) is 8.13. The van der Waals surface area contributed by atoms with Gasteiger partial charge in [0.15, 0.2) is 5.65 Å². The molecular weight excluding hydrogens is 348 g/mol. The molecule has 0 fully saturated rings. The Kier molecular flexibility index (Phi) is 4.17. The first-order chi connectivity index (χ1) is 13.1. The van der Waals surface area contributed by atoms with Gasteiger partial charge in [-0.2, -0.15) is 10.1 Å². The van der Waals surface area contributed by atoms with Crippen LogP contribution in [0.4, 0.5) is 11.6 Å². The zero-order chi connectivity index (χ0) is 18.8. The fourth-order valence-corrected chi connectivity index (χ4v) is 2.74. The number of aromatic nitrogens is 5. The van der Waals surface area contributed by atoms with Gasteiger partial charge in [-0.1, -0.05) is 12.1 Å². The van der Waals surface area contributed by atoms with Crippen LogP contribution in [0.2, 0.25) is 0 Å². The lowest BCUT2D eigenvalue weighted by Gasteiger charge is -2.04. The van der Waals surface area contributed by atoms with E-state index in [2.05, 4.69) is 20.5 Å². The van der Waals surface area contributed by atoms with Crippen LogP contribution in [-0.4, -0.2) is 42.6 Å². The molecule has 27 heavy (non-hydrogen) atoms. The molecule has 0 unspecified atom stereocenters. The summed E-state index contributed by atoms with van der Waals surface area (Å²) in [6.07, 6.45) is 4.93. The quantitative estimate of drug-likeness (QED) is 0.541. The molecule has 136 valence electrons. The van der Waals surface area contributed by atoms with Gasteiger partial charge in [-0.3, -0.25) is 9.48 Å². The van der Waals surface area contributed by atoms with Crippen LogP contribution in [0.3, 0.4) is 0 Å². The third kappa shape index (κ3) is 3.43. The summed E-state index contributed by atoms with van der Waals surface area (Å²) in [6, 6.07) is 11.6. The van der Waals surface area contributed by atoms with Crippen LogP contribution in [0.5, 0.6) is 5.75 Å². The summed E-state index contributed by atoms with van der Waals surface area (Å²) in [6.45, 7) is -0.206. The second-order valence-corrected chi connectivity index (χ2v) is 5.80. The maximum absolute atomic E-state index is 10.7. The standard InChI is InChI=1S/C18H16N6O3/c1-27-14-6-4-12(5-7-14)15-3-2-8-24-17(15)21-18(22-24)20-13-9-19-23(10-13)11-16(25)26/h2-10H,11H2,1H3,(H,20,22)(H,25,26). The van der Waals surface area contributed by atoms with Crippen LogP contribution in [-0.2, 0) is 11.3 Å². The molecule has 0 atom stereocenters. The highest BCUT2D eigenvalue weighted by Gasteiger charge is 2.11. The molecule has 1 aromatic carbocycles. The molecule has 0 radical (unpaired) electrons. The lowest BCUT2D eigenvalue weighted by atomic mass is 10.1. The molecule has 0 saturated carbocycles. The Morgan fingerprint density at radius 1 is 1.26 bits per heavy atom. The topological polar surface area (TPSA) is 107 Å². The van der Waals surface area contributed by atoms with Gasteiger partial charge < -0.3 is 15.2 Å². The number of nitrogens with zero attached hydrogens (tertiary/aromatic N) is 5. The van der Waals surface area contributed by atoms with Crippen molar-refractivity contribution in [3.05, 3.63) is 55.0 Å². The number of fused-ring (bicyclic) bond motifs is 1. The summed E-state index contributed by atoms with van der Waals surface area (Å²) >= 11 is 0. The van der Waals surface area contributed by atoms with Crippen LogP contribution in [0.1, 0.15) is 0 Å². The second-order valence-electron chi connectivity index (χ2n) is 5.80. The molecule has 3 aromatic heterocycles. The van der Waals surface area contributed by atoms with Gasteiger partial charge in [0.1, 0.15) is 12.3 Å². The third-order valence-corrected chi connectivity index (χ3v) is 3.95. The molecule has 0 aliphatic carbocycles. The number of benzene rings is 1. The molecule has 0 saturated heterocycles. The molecule has 9 nitrogen and oxygen atoms in total. The molecular formula is C18H16N6O3. The first-order valence-electron chi connectivity index (χ1n) is 8.13. The normalized spacial score (nSPS) is 10.9. The summed E-state index contributed by atoms with van der Waals surface area (Å²) in [7, 11) is 1.63. The van der Waals surface area contributed by atoms with Crippen LogP contribution in [0.25, 0.3) is 16.8 Å². The number of ether oxygens (including phenoxy) is 1. The molecule has 4 rings (SSSR count). The molecule has 0 bridgehead atoms. The van der Waals surface area contributed by atoms with Crippen molar-refractivity contribution in [1.82, 2.24) is 24.4 Å². The van der Waals surface area contributed by atoms with E-state index in [0.29, 0.717) is 17.3 Å². The molecule has 0 spiro atoms. The first kappa shape index (κ1) is 16.6. The summed E-state index contributed by atoms with van der Waals surface area (Å²) < 4.78 is 8.21. The number of hydrogen-bond acceptors (Lipinski definition) is 6. The van der Waals surface area contributed by atoms with Crippen molar-refractivity contribution in [1.29, 1.82) is 0 Å². The third-order valence-electron chi connectivity index (χ3n) is 3.95. The largest absolute Gasteiger partial charge is 0.497 e. The average molecular weight is 364 g/mol. The van der Waals surface area contributed by atoms with Crippen LogP contribution >= 0.6 is 0 Å². The van der Waals surface area contributed by atoms with Gasteiger partial charge in [0.05, 0.1) is 19.0 Å². The number of hydrogen-bond donors (Lipinski definition) is 2. The van der Waals surface area contributed by atoms with Crippen molar-refractivity contribution in [3.8, 4) is 16.9 Å². The highest BCUT2D eigenvalue weighted by Crippen LogP contribution is 2.26. The number of methoxy groups -OCH3 is 1. The van der Waals surface area contributed by atoms with E-state index < -0.39 is 5.97 Å². The molecule has 0 aliphatic heterocycles. The number of aliphatic carboxylic acids is 1. The summed E-state index contributed by atoms with van der Waals surface area (Å²) in [5, 5.41) is 20.3. The molecule has 4 aromatic rings. The van der Waals surface area contributed by atoms with Gasteiger partial charge in [0, 0.05) is 18.0 Å². The zero-order valence-electron chi connectivity index (χ0n) is 14.4. The molecule has 9 heteroatoms. The van der Waals surface area contributed by atoms with Gasteiger partial charge in [-0.25, -0.2) is 4.52 Å². The van der Waals surface area contributed by atoms with E-state index in [4.69, 9.17) is 9.84 Å². The van der Waals surface area contributed by atoms with Gasteiger partial charge in [0.25, 0.3) is 0 Å². The fraction of sp³-hybridized carbons (Fsp3) is 0.111. The van der Waals surface area contributed by atoms with E-state index >= 15 is 0 Å². The van der Waals surface area contributed by atoms with Crippen LogP contribution < -0.4 is 10.1 Å². The summed E-state index contributed by atoms with van der Waals surface area (Å²) in [5.41, 5.74) is 3.23. The lowest BCUT2D eigenvalue weighted by Crippen LogP contribution is -2.08. The molecule has 3 heterocycles. The van der Waals surface area contributed by atoms with Crippen molar-refractivity contribution >= 4 is 23.3 Å². The Hall–Kier alpha value is -3.88. The van der Waals surface area contributed by atoms with Crippen LogP contribution in [0.15, 0.2) is 55.0 Å². The molecule has 0 amide bonds. The predicted molar refractivity (Wildman–Crippen MR) is 98.1 cm³/mol. The fourth-order valence-electron chi connectivity index (χ4n) is 2.74. The van der Waals surface area contributed by atoms with Gasteiger partial charge in [0.2, 0.25) is 5.95 Å². The maximum atomic E-state index is 10.7. The van der Waals surface area contributed by atoms with Crippen molar-refractivity contribution in [2.45, 2.75) is 6.54 Å². The minimum absolute atomic E-state index is 0.206. The Bertz CT molecular complexity index is 1100. The lowest BCUT2D eigenvalue weighted by molar-refractivity contribution is -0.137. The van der Waals surface area contributed by atoms with E-state index in [1.165, 1.54) is 10.9 Å². The second kappa shape index (κ2) is 6.79. The van der Waals surface area contributed by atoms with Gasteiger partial charge in [-0.05, 0) is 29.8 Å². The Labute approximate surface area is 153 Å². The maximum Gasteiger partial charge on any atom is 0.325 e. The van der Waals surface area contributed by atoms with E-state index in [9.17, 15) is 4.79 Å². The van der Waals surface area contributed by atoms with Gasteiger partial charge >= 0.3 is 5.97 Å². The van der Waals surface area contributed by atoms with Crippen molar-refractivity contribution < 1.29 is 14.6 Å². The van der Waals surface area contributed by atoms with Crippen molar-refractivity contribution in [2.75, 3.05) is 12.4 Å².